The van der Waals surface area contributed by atoms with Gasteiger partial charge in [0, 0.05) is 0 Å². The molecule has 9 nitrogen and oxygen atoms in total. The first-order valence-corrected chi connectivity index (χ1v) is 10.2. The lowest BCUT2D eigenvalue weighted by molar-refractivity contribution is -0.150. The summed E-state index contributed by atoms with van der Waals surface area (Å²) in [4.78, 5) is 31.5. The number of ether oxygens (including phenoxy) is 4. The minimum Gasteiger partial charge on any atom is -0.479 e. The fourth-order valence-corrected chi connectivity index (χ4v) is 2.81. The van der Waals surface area contributed by atoms with Crippen molar-refractivity contribution in [2.45, 2.75) is 13.0 Å². The third-order valence-electron chi connectivity index (χ3n) is 4.05. The highest BCUT2D eigenvalue weighted by Gasteiger charge is 2.16. The van der Waals surface area contributed by atoms with Crippen LogP contribution in [-0.2, 0) is 14.3 Å². The first-order chi connectivity index (χ1) is 15.4. The standard InChI is InChI=1S/C21H19Cl2N3O6/c1-12(20(27)30-8-7-24-21(28)29-2)31-13-3-5-14(6-4-13)32-19-11-25-17-9-15(22)16(23)10-18(17)26-19/h3-6,9-12H,7-8H2,1-2H3,(H,24,28). The summed E-state index contributed by atoms with van der Waals surface area (Å²) in [5, 5.41) is 3.17. The Morgan fingerprint density at radius 2 is 1.72 bits per heavy atom. The maximum atomic E-state index is 12.0. The van der Waals surface area contributed by atoms with Crippen LogP contribution >= 0.6 is 23.2 Å². The second-order valence-electron chi connectivity index (χ2n) is 6.38. The van der Waals surface area contributed by atoms with Gasteiger partial charge in [-0.2, -0.15) is 0 Å². The molecule has 0 aliphatic heterocycles. The van der Waals surface area contributed by atoms with Crippen LogP contribution in [0.2, 0.25) is 10.0 Å². The third kappa shape index (κ3) is 6.35. The number of amides is 1. The Morgan fingerprint density at radius 3 is 2.41 bits per heavy atom. The zero-order valence-electron chi connectivity index (χ0n) is 17.1. The molecule has 32 heavy (non-hydrogen) atoms. The Balaban J connectivity index is 1.53. The summed E-state index contributed by atoms with van der Waals surface area (Å²) in [6, 6.07) is 9.85. The zero-order chi connectivity index (χ0) is 23.1. The number of fused-ring (bicyclic) bond motifs is 1. The molecule has 0 saturated carbocycles. The molecule has 11 heteroatoms. The molecule has 3 rings (SSSR count). The second kappa shape index (κ2) is 10.8. The Hall–Kier alpha value is -3.30. The molecule has 1 N–H and O–H groups in total. The second-order valence-corrected chi connectivity index (χ2v) is 7.20. The highest BCUT2D eigenvalue weighted by Crippen LogP contribution is 2.28. The normalized spacial score (nSPS) is 11.5. The van der Waals surface area contributed by atoms with Crippen LogP contribution in [0, 0.1) is 0 Å². The van der Waals surface area contributed by atoms with E-state index in [0.717, 1.165) is 0 Å². The minimum atomic E-state index is -0.845. The molecule has 3 aromatic rings. The summed E-state index contributed by atoms with van der Waals surface area (Å²) in [6.45, 7) is 1.69. The van der Waals surface area contributed by atoms with Gasteiger partial charge in [0.15, 0.2) is 6.10 Å². The zero-order valence-corrected chi connectivity index (χ0v) is 18.6. The van der Waals surface area contributed by atoms with E-state index in [-0.39, 0.29) is 19.0 Å². The number of rotatable bonds is 8. The fourth-order valence-electron chi connectivity index (χ4n) is 2.49. The van der Waals surface area contributed by atoms with E-state index in [9.17, 15) is 9.59 Å². The lowest BCUT2D eigenvalue weighted by Gasteiger charge is -2.14. The van der Waals surface area contributed by atoms with Crippen LogP contribution in [0.4, 0.5) is 4.79 Å². The maximum Gasteiger partial charge on any atom is 0.406 e. The van der Waals surface area contributed by atoms with Gasteiger partial charge in [-0.3, -0.25) is 0 Å². The molecule has 0 aliphatic carbocycles. The summed E-state index contributed by atoms with van der Waals surface area (Å²) in [6.07, 6.45) is 0.0303. The van der Waals surface area contributed by atoms with Gasteiger partial charge in [0.2, 0.25) is 5.88 Å². The summed E-state index contributed by atoms with van der Waals surface area (Å²) < 4.78 is 20.7. The predicted octanol–water partition coefficient (Wildman–Crippen LogP) is 4.40. The molecule has 0 saturated heterocycles. The lowest BCUT2D eigenvalue weighted by Crippen LogP contribution is -2.31. The SMILES string of the molecule is COC(=O)NCCOC(=O)C(C)Oc1ccc(Oc2cnc3cc(Cl)c(Cl)cc3n2)cc1. The Morgan fingerprint density at radius 1 is 1.06 bits per heavy atom. The lowest BCUT2D eigenvalue weighted by atomic mass is 10.3. The largest absolute Gasteiger partial charge is 0.479 e. The number of nitrogens with one attached hydrogen (secondary N) is 1. The average Bonchev–Trinajstić information content (AvgIpc) is 2.78. The van der Waals surface area contributed by atoms with Gasteiger partial charge in [0.1, 0.15) is 18.1 Å². The first kappa shape index (κ1) is 23.4. The molecule has 1 aromatic heterocycles. The number of carbonyl (C=O) groups is 2. The van der Waals surface area contributed by atoms with Crippen molar-refractivity contribution in [2.24, 2.45) is 0 Å². The van der Waals surface area contributed by atoms with E-state index in [0.29, 0.717) is 32.6 Å². The maximum absolute atomic E-state index is 12.0. The smallest absolute Gasteiger partial charge is 0.406 e. The Kier molecular flexibility index (Phi) is 7.91. The summed E-state index contributed by atoms with van der Waals surface area (Å²) in [7, 11) is 1.25. The van der Waals surface area contributed by atoms with Crippen LogP contribution in [0.1, 0.15) is 6.92 Å². The van der Waals surface area contributed by atoms with Gasteiger partial charge in [0.05, 0.1) is 40.9 Å². The molecule has 1 unspecified atom stereocenters. The van der Waals surface area contributed by atoms with Crippen molar-refractivity contribution in [3.8, 4) is 17.4 Å². The van der Waals surface area contributed by atoms with Gasteiger partial charge in [-0.25, -0.2) is 19.6 Å². The number of carbonyl (C=O) groups excluding carboxylic acids is 2. The molecule has 168 valence electrons. The number of methoxy groups -OCH3 is 1. The van der Waals surface area contributed by atoms with Gasteiger partial charge in [0.25, 0.3) is 0 Å². The van der Waals surface area contributed by atoms with Crippen LogP contribution in [0.15, 0.2) is 42.6 Å². The van der Waals surface area contributed by atoms with E-state index in [1.165, 1.54) is 13.3 Å². The van der Waals surface area contributed by atoms with E-state index in [4.69, 9.17) is 37.4 Å². The number of halogens is 2. The Bertz CT molecular complexity index is 1110. The van der Waals surface area contributed by atoms with Crippen LogP contribution in [-0.4, -0.2) is 48.4 Å². The number of hydrogen-bond donors (Lipinski definition) is 1. The van der Waals surface area contributed by atoms with Crippen molar-refractivity contribution in [2.75, 3.05) is 20.3 Å². The summed E-state index contributed by atoms with van der Waals surface area (Å²) in [5.74, 6) is 0.653. The molecule has 0 fully saturated rings. The van der Waals surface area contributed by atoms with Crippen molar-refractivity contribution >= 4 is 46.3 Å². The van der Waals surface area contributed by atoms with Crippen molar-refractivity contribution in [1.82, 2.24) is 15.3 Å². The van der Waals surface area contributed by atoms with Crippen LogP contribution in [0.25, 0.3) is 11.0 Å². The summed E-state index contributed by atoms with van der Waals surface area (Å²) >= 11 is 12.0. The molecule has 0 spiro atoms. The molecule has 0 aliphatic rings. The summed E-state index contributed by atoms with van der Waals surface area (Å²) in [5.41, 5.74) is 1.14. The topological polar surface area (TPSA) is 109 Å². The third-order valence-corrected chi connectivity index (χ3v) is 4.78. The van der Waals surface area contributed by atoms with E-state index in [1.54, 1.807) is 43.3 Å². The predicted molar refractivity (Wildman–Crippen MR) is 118 cm³/mol. The molecule has 1 atom stereocenters. The molecular formula is C21H19Cl2N3O6. The van der Waals surface area contributed by atoms with Crippen molar-refractivity contribution in [3.05, 3.63) is 52.6 Å². The van der Waals surface area contributed by atoms with Gasteiger partial charge in [-0.15, -0.1) is 0 Å². The van der Waals surface area contributed by atoms with E-state index in [2.05, 4.69) is 20.0 Å². The number of hydrogen-bond acceptors (Lipinski definition) is 8. The molecule has 0 radical (unpaired) electrons. The van der Waals surface area contributed by atoms with Gasteiger partial charge in [-0.05, 0) is 43.3 Å². The highest BCUT2D eigenvalue weighted by molar-refractivity contribution is 6.42. The molecule has 0 bridgehead atoms. The van der Waals surface area contributed by atoms with Crippen molar-refractivity contribution in [1.29, 1.82) is 0 Å². The van der Waals surface area contributed by atoms with Crippen LogP contribution in [0.5, 0.6) is 17.4 Å². The highest BCUT2D eigenvalue weighted by atomic mass is 35.5. The monoisotopic (exact) mass is 479 g/mol. The van der Waals surface area contributed by atoms with Gasteiger partial charge >= 0.3 is 12.1 Å². The van der Waals surface area contributed by atoms with Gasteiger partial charge < -0.3 is 24.3 Å². The van der Waals surface area contributed by atoms with Crippen LogP contribution < -0.4 is 14.8 Å². The average molecular weight is 480 g/mol. The van der Waals surface area contributed by atoms with E-state index < -0.39 is 18.2 Å². The number of nitrogens with zero attached hydrogens (tertiary/aromatic N) is 2. The molecule has 1 amide bonds. The molecule has 1 heterocycles. The minimum absolute atomic E-state index is 0.00137. The van der Waals surface area contributed by atoms with E-state index >= 15 is 0 Å². The number of alkyl carbamates (subject to hydrolysis) is 1. The molecular weight excluding hydrogens is 461 g/mol. The Labute approximate surface area is 193 Å². The van der Waals surface area contributed by atoms with Crippen molar-refractivity contribution in [3.63, 3.8) is 0 Å². The number of esters is 1. The molecule has 2 aromatic carbocycles. The van der Waals surface area contributed by atoms with E-state index in [1.807, 2.05) is 0 Å². The van der Waals surface area contributed by atoms with Gasteiger partial charge in [-0.1, -0.05) is 23.2 Å². The fraction of sp³-hybridized carbons (Fsp3) is 0.238. The van der Waals surface area contributed by atoms with Crippen molar-refractivity contribution < 1.29 is 28.5 Å². The number of benzene rings is 2. The quantitative estimate of drug-likeness (QED) is 0.374. The first-order valence-electron chi connectivity index (χ1n) is 9.40. The van der Waals surface area contributed by atoms with Crippen LogP contribution in [0.3, 0.4) is 0 Å². The number of aromatic nitrogens is 2.